The van der Waals surface area contributed by atoms with Crippen molar-refractivity contribution >= 4 is 35.1 Å². The molecule has 0 saturated heterocycles. The molecule has 5 rings (SSSR count). The molecule has 186 valence electrons. The minimum Gasteiger partial charge on any atom is -0.493 e. The molecule has 0 fully saturated rings. The van der Waals surface area contributed by atoms with Crippen LogP contribution in [0.1, 0.15) is 22.4 Å². The van der Waals surface area contributed by atoms with Crippen molar-refractivity contribution in [1.82, 2.24) is 24.1 Å². The molecule has 1 aliphatic rings. The highest BCUT2D eigenvalue weighted by atomic mass is 35.5. The summed E-state index contributed by atoms with van der Waals surface area (Å²) in [5, 5.41) is 3.85. The molecule has 3 heterocycles. The molecule has 4 N–H and O–H groups in total. The maximum atomic E-state index is 13.6. The second-order valence-corrected chi connectivity index (χ2v) is 9.25. The SMILES string of the molecule is Nc1ncc(CCNc2nc(=O)n(Cc3ccc(Cl)c(Cl)c3)c(=O)n2Cc2ccc3c(c2)CCO3)[nH]1. The van der Waals surface area contributed by atoms with Gasteiger partial charge in [0.25, 0.3) is 0 Å². The van der Waals surface area contributed by atoms with Gasteiger partial charge in [0, 0.05) is 25.1 Å². The lowest BCUT2D eigenvalue weighted by Crippen LogP contribution is -2.43. The van der Waals surface area contributed by atoms with Crippen molar-refractivity contribution in [2.24, 2.45) is 0 Å². The number of hydrogen-bond donors (Lipinski definition) is 3. The van der Waals surface area contributed by atoms with Gasteiger partial charge in [0.05, 0.1) is 35.9 Å². The van der Waals surface area contributed by atoms with E-state index in [0.29, 0.717) is 41.1 Å². The van der Waals surface area contributed by atoms with Gasteiger partial charge in [-0.05, 0) is 34.9 Å². The van der Waals surface area contributed by atoms with Crippen molar-refractivity contribution in [2.45, 2.75) is 25.9 Å². The molecule has 0 atom stereocenters. The number of nitrogens with two attached hydrogens (primary N) is 1. The summed E-state index contributed by atoms with van der Waals surface area (Å²) in [6.45, 7) is 1.27. The Kier molecular flexibility index (Phi) is 6.71. The molecular weight excluding hydrogens is 505 g/mol. The number of nitrogens with one attached hydrogen (secondary N) is 2. The molecule has 36 heavy (non-hydrogen) atoms. The van der Waals surface area contributed by atoms with Crippen molar-refractivity contribution in [1.29, 1.82) is 0 Å². The van der Waals surface area contributed by atoms with Gasteiger partial charge < -0.3 is 20.8 Å². The Labute approximate surface area is 215 Å². The fraction of sp³-hybridized carbons (Fsp3) is 0.250. The van der Waals surface area contributed by atoms with Crippen LogP contribution in [0.5, 0.6) is 5.75 Å². The van der Waals surface area contributed by atoms with Gasteiger partial charge in [0.2, 0.25) is 5.95 Å². The van der Waals surface area contributed by atoms with Crippen LogP contribution in [-0.2, 0) is 25.9 Å². The van der Waals surface area contributed by atoms with Crippen molar-refractivity contribution < 1.29 is 4.74 Å². The number of rotatable bonds is 8. The van der Waals surface area contributed by atoms with Crippen LogP contribution in [0, 0.1) is 0 Å². The van der Waals surface area contributed by atoms with Crippen LogP contribution >= 0.6 is 23.2 Å². The Hall–Kier alpha value is -3.76. The Morgan fingerprint density at radius 3 is 2.61 bits per heavy atom. The summed E-state index contributed by atoms with van der Waals surface area (Å²) < 4.78 is 8.13. The molecule has 2 aromatic heterocycles. The third-order valence-electron chi connectivity index (χ3n) is 5.89. The molecule has 2 aromatic carbocycles. The number of ether oxygens (including phenoxy) is 1. The smallest absolute Gasteiger partial charge is 0.355 e. The number of benzene rings is 2. The number of aromatic amines is 1. The third-order valence-corrected chi connectivity index (χ3v) is 6.63. The average Bonchev–Trinajstić information content (AvgIpc) is 3.49. The summed E-state index contributed by atoms with van der Waals surface area (Å²) in [7, 11) is 0. The van der Waals surface area contributed by atoms with Gasteiger partial charge >= 0.3 is 11.4 Å². The fourth-order valence-electron chi connectivity index (χ4n) is 4.10. The van der Waals surface area contributed by atoms with Gasteiger partial charge in [0.1, 0.15) is 5.75 Å². The van der Waals surface area contributed by atoms with Crippen LogP contribution in [0.2, 0.25) is 10.0 Å². The Morgan fingerprint density at radius 1 is 1.06 bits per heavy atom. The Morgan fingerprint density at radius 2 is 1.83 bits per heavy atom. The van der Waals surface area contributed by atoms with Crippen molar-refractivity contribution in [3.8, 4) is 5.75 Å². The van der Waals surface area contributed by atoms with E-state index in [1.165, 1.54) is 4.57 Å². The number of nitrogen functional groups attached to an aromatic ring is 1. The number of nitrogens with zero attached hydrogens (tertiary/aromatic N) is 4. The van der Waals surface area contributed by atoms with Crippen LogP contribution in [0.15, 0.2) is 52.2 Å². The van der Waals surface area contributed by atoms with Crippen LogP contribution < -0.4 is 27.2 Å². The highest BCUT2D eigenvalue weighted by molar-refractivity contribution is 6.42. The van der Waals surface area contributed by atoms with Gasteiger partial charge in [0.15, 0.2) is 5.95 Å². The van der Waals surface area contributed by atoms with Crippen LogP contribution in [0.25, 0.3) is 0 Å². The lowest BCUT2D eigenvalue weighted by atomic mass is 10.1. The summed E-state index contributed by atoms with van der Waals surface area (Å²) >= 11 is 12.1. The zero-order chi connectivity index (χ0) is 25.2. The topological polar surface area (TPSA) is 133 Å². The Bertz CT molecular complexity index is 1540. The number of H-pyrrole nitrogens is 1. The lowest BCUT2D eigenvalue weighted by Gasteiger charge is -2.16. The molecule has 0 saturated carbocycles. The van der Waals surface area contributed by atoms with E-state index >= 15 is 0 Å². The number of fused-ring (bicyclic) bond motifs is 1. The molecule has 10 nitrogen and oxygen atoms in total. The first-order valence-corrected chi connectivity index (χ1v) is 12.1. The monoisotopic (exact) mass is 527 g/mol. The zero-order valence-corrected chi connectivity index (χ0v) is 20.6. The molecule has 4 aromatic rings. The van der Waals surface area contributed by atoms with E-state index in [-0.39, 0.29) is 19.0 Å². The minimum absolute atomic E-state index is 0.00723. The summed E-state index contributed by atoms with van der Waals surface area (Å²) in [5.41, 5.74) is 7.93. The molecular formula is C24H23Cl2N7O3. The summed E-state index contributed by atoms with van der Waals surface area (Å²) in [6, 6.07) is 10.8. The van der Waals surface area contributed by atoms with Crippen molar-refractivity contribution in [3.63, 3.8) is 0 Å². The number of anilines is 2. The number of hydrogen-bond acceptors (Lipinski definition) is 7. The third kappa shape index (κ3) is 5.09. The highest BCUT2D eigenvalue weighted by Gasteiger charge is 2.17. The normalized spacial score (nSPS) is 12.4. The molecule has 0 unspecified atom stereocenters. The quantitative estimate of drug-likeness (QED) is 0.320. The lowest BCUT2D eigenvalue weighted by molar-refractivity contribution is 0.357. The number of aromatic nitrogens is 5. The van der Waals surface area contributed by atoms with Crippen molar-refractivity contribution in [3.05, 3.63) is 96.0 Å². The van der Waals surface area contributed by atoms with E-state index in [0.717, 1.165) is 33.6 Å². The highest BCUT2D eigenvalue weighted by Crippen LogP contribution is 2.26. The van der Waals surface area contributed by atoms with E-state index in [1.54, 1.807) is 24.4 Å². The molecule has 1 aliphatic heterocycles. The second-order valence-electron chi connectivity index (χ2n) is 8.43. The number of imidazole rings is 1. The summed E-state index contributed by atoms with van der Waals surface area (Å²) in [6.07, 6.45) is 2.99. The largest absolute Gasteiger partial charge is 0.493 e. The predicted molar refractivity (Wildman–Crippen MR) is 138 cm³/mol. The average molecular weight is 528 g/mol. The second kappa shape index (κ2) is 10.1. The van der Waals surface area contributed by atoms with Crippen LogP contribution in [-0.4, -0.2) is 37.2 Å². The zero-order valence-electron chi connectivity index (χ0n) is 19.1. The first-order valence-electron chi connectivity index (χ1n) is 11.3. The first-order chi connectivity index (χ1) is 17.4. The molecule has 0 bridgehead atoms. The van der Waals surface area contributed by atoms with E-state index in [2.05, 4.69) is 20.3 Å². The van der Waals surface area contributed by atoms with Gasteiger partial charge in [-0.15, -0.1) is 0 Å². The number of halogens is 2. The van der Waals surface area contributed by atoms with E-state index < -0.39 is 11.4 Å². The molecule has 12 heteroatoms. The maximum absolute atomic E-state index is 13.6. The predicted octanol–water partition coefficient (Wildman–Crippen LogP) is 2.70. The standard InChI is InChI=1S/C24H23Cl2N7O3/c25-18-3-1-15(10-19(18)26)13-33-23(34)31-22(28-7-5-17-11-29-21(27)30-17)32(24(33)35)12-14-2-4-20-16(9-14)6-8-36-20/h1-4,9-11H,5-8,12-13H2,(H3,27,29,30)(H,28,31,34). The van der Waals surface area contributed by atoms with Gasteiger partial charge in [-0.25, -0.2) is 19.1 Å². The summed E-state index contributed by atoms with van der Waals surface area (Å²) in [4.78, 5) is 37.6. The van der Waals surface area contributed by atoms with Gasteiger partial charge in [-0.2, -0.15) is 4.98 Å². The van der Waals surface area contributed by atoms with E-state index in [9.17, 15) is 9.59 Å². The van der Waals surface area contributed by atoms with E-state index in [4.69, 9.17) is 33.7 Å². The summed E-state index contributed by atoms with van der Waals surface area (Å²) in [5.74, 6) is 1.36. The first kappa shape index (κ1) is 24.0. The van der Waals surface area contributed by atoms with E-state index in [1.807, 2.05) is 18.2 Å². The maximum Gasteiger partial charge on any atom is 0.355 e. The minimum atomic E-state index is -0.669. The molecule has 0 radical (unpaired) electrons. The molecule has 0 spiro atoms. The van der Waals surface area contributed by atoms with Gasteiger partial charge in [-0.1, -0.05) is 41.4 Å². The van der Waals surface area contributed by atoms with Gasteiger partial charge in [-0.3, -0.25) is 4.57 Å². The molecule has 0 amide bonds. The Balaban J connectivity index is 1.48. The van der Waals surface area contributed by atoms with Crippen LogP contribution in [0.3, 0.4) is 0 Å². The van der Waals surface area contributed by atoms with Crippen molar-refractivity contribution in [2.75, 3.05) is 24.2 Å². The molecule has 0 aliphatic carbocycles. The van der Waals surface area contributed by atoms with Crippen LogP contribution in [0.4, 0.5) is 11.9 Å². The fourth-order valence-corrected chi connectivity index (χ4v) is 4.42.